The van der Waals surface area contributed by atoms with Gasteiger partial charge in [-0.3, -0.25) is 4.79 Å². The van der Waals surface area contributed by atoms with Gasteiger partial charge in [-0.2, -0.15) is 4.31 Å². The molecule has 1 heterocycles. The molecule has 0 bridgehead atoms. The molecule has 0 saturated carbocycles. The summed E-state index contributed by atoms with van der Waals surface area (Å²) in [6.45, 7) is 4.39. The molecule has 0 saturated heterocycles. The highest BCUT2D eigenvalue weighted by Crippen LogP contribution is 2.28. The normalized spacial score (nSPS) is 12.4. The van der Waals surface area contributed by atoms with Crippen molar-refractivity contribution < 1.29 is 22.7 Å². The van der Waals surface area contributed by atoms with Gasteiger partial charge in [-0.05, 0) is 61.0 Å². The topological polar surface area (TPSA) is 76.2 Å². The zero-order valence-corrected chi connectivity index (χ0v) is 22.8. The van der Waals surface area contributed by atoms with Gasteiger partial charge in [0.1, 0.15) is 0 Å². The lowest BCUT2D eigenvalue weighted by atomic mass is 10.1. The van der Waals surface area contributed by atoms with E-state index in [1.54, 1.807) is 60.8 Å². The van der Waals surface area contributed by atoms with Crippen LogP contribution in [0.25, 0.3) is 0 Å². The van der Waals surface area contributed by atoms with Crippen LogP contribution in [0.2, 0.25) is 0 Å². The van der Waals surface area contributed by atoms with Gasteiger partial charge in [0.05, 0.1) is 32.2 Å². The van der Waals surface area contributed by atoms with Gasteiger partial charge < -0.3 is 14.4 Å². The van der Waals surface area contributed by atoms with Crippen LogP contribution in [-0.2, 0) is 27.8 Å². The molecule has 0 aliphatic carbocycles. The van der Waals surface area contributed by atoms with E-state index in [-0.39, 0.29) is 23.4 Å². The number of benzene rings is 2. The van der Waals surface area contributed by atoms with Crippen LogP contribution < -0.4 is 9.47 Å². The second kappa shape index (κ2) is 12.9. The summed E-state index contributed by atoms with van der Waals surface area (Å²) < 4.78 is 39.0. The second-order valence-corrected chi connectivity index (χ2v) is 11.4. The van der Waals surface area contributed by atoms with Gasteiger partial charge in [-0.25, -0.2) is 8.42 Å². The molecule has 2 aromatic carbocycles. The van der Waals surface area contributed by atoms with Gasteiger partial charge in [0.25, 0.3) is 0 Å². The number of ether oxygens (including phenoxy) is 2. The van der Waals surface area contributed by atoms with Crippen molar-refractivity contribution in [2.75, 3.05) is 27.3 Å². The Morgan fingerprint density at radius 2 is 1.72 bits per heavy atom. The third kappa shape index (κ3) is 6.87. The van der Waals surface area contributed by atoms with Gasteiger partial charge in [-0.1, -0.05) is 37.3 Å². The fourth-order valence-electron chi connectivity index (χ4n) is 3.83. The van der Waals surface area contributed by atoms with Gasteiger partial charge in [0.2, 0.25) is 15.9 Å². The lowest BCUT2D eigenvalue weighted by Crippen LogP contribution is -2.46. The standard InChI is InChI=1S/C27H34N2O5S2/c1-5-21(2)29(36(31,32)24-11-7-6-8-12-24)20-27(30)28(19-23-10-9-17-35-23)16-15-22-13-14-25(33-3)26(18-22)34-4/h6-14,17-18,21H,5,15-16,19-20H2,1-4H3. The lowest BCUT2D eigenvalue weighted by Gasteiger charge is -2.30. The molecule has 9 heteroatoms. The van der Waals surface area contributed by atoms with Gasteiger partial charge >= 0.3 is 0 Å². The predicted molar refractivity (Wildman–Crippen MR) is 143 cm³/mol. The molecule has 1 atom stereocenters. The summed E-state index contributed by atoms with van der Waals surface area (Å²) in [4.78, 5) is 16.6. The largest absolute Gasteiger partial charge is 0.493 e. The maximum absolute atomic E-state index is 13.6. The third-order valence-corrected chi connectivity index (χ3v) is 8.96. The van der Waals surface area contributed by atoms with E-state index in [1.165, 1.54) is 4.31 Å². The SMILES string of the molecule is CCC(C)N(CC(=O)N(CCc1ccc(OC)c(OC)c1)Cc1cccs1)S(=O)(=O)c1ccccc1. The molecule has 36 heavy (non-hydrogen) atoms. The minimum atomic E-state index is -3.83. The summed E-state index contributed by atoms with van der Waals surface area (Å²) in [6, 6.07) is 17.6. The number of carbonyl (C=O) groups is 1. The number of hydrogen-bond acceptors (Lipinski definition) is 6. The Morgan fingerprint density at radius 1 is 1.00 bits per heavy atom. The third-order valence-electron chi connectivity index (χ3n) is 6.12. The van der Waals surface area contributed by atoms with Crippen LogP contribution in [0, 0.1) is 0 Å². The molecule has 3 rings (SSSR count). The van der Waals surface area contributed by atoms with Gasteiger partial charge in [-0.15, -0.1) is 11.3 Å². The van der Waals surface area contributed by atoms with E-state index in [9.17, 15) is 13.2 Å². The van der Waals surface area contributed by atoms with Crippen molar-refractivity contribution in [1.29, 1.82) is 0 Å². The van der Waals surface area contributed by atoms with Crippen molar-refractivity contribution >= 4 is 27.3 Å². The highest BCUT2D eigenvalue weighted by molar-refractivity contribution is 7.89. The molecule has 3 aromatic rings. The first-order valence-corrected chi connectivity index (χ1v) is 14.2. The Kier molecular flexibility index (Phi) is 9.92. The van der Waals surface area contributed by atoms with E-state index in [1.807, 2.05) is 49.6 Å². The van der Waals surface area contributed by atoms with Crippen molar-refractivity contribution in [3.05, 3.63) is 76.5 Å². The first-order chi connectivity index (χ1) is 17.3. The first-order valence-electron chi connectivity index (χ1n) is 11.9. The van der Waals surface area contributed by atoms with Crippen molar-refractivity contribution in [1.82, 2.24) is 9.21 Å². The van der Waals surface area contributed by atoms with Gasteiger partial charge in [0, 0.05) is 17.5 Å². The molecular weight excluding hydrogens is 496 g/mol. The molecule has 1 unspecified atom stereocenters. The number of thiophene rings is 1. The Bertz CT molecular complexity index is 1210. The fourth-order valence-corrected chi connectivity index (χ4v) is 6.22. The van der Waals surface area contributed by atoms with Crippen LogP contribution in [0.4, 0.5) is 0 Å². The van der Waals surface area contributed by atoms with Crippen LogP contribution in [0.15, 0.2) is 70.9 Å². The first kappa shape index (κ1) is 27.7. The smallest absolute Gasteiger partial charge is 0.243 e. The van der Waals surface area contributed by atoms with E-state index in [4.69, 9.17) is 9.47 Å². The predicted octanol–water partition coefficient (Wildman–Crippen LogP) is 4.83. The molecule has 7 nitrogen and oxygen atoms in total. The van der Waals surface area contributed by atoms with Crippen LogP contribution in [0.3, 0.4) is 0 Å². The fraction of sp³-hybridized carbons (Fsp3) is 0.370. The summed E-state index contributed by atoms with van der Waals surface area (Å²) in [6.07, 6.45) is 1.18. The number of hydrogen-bond donors (Lipinski definition) is 0. The number of amides is 1. The summed E-state index contributed by atoms with van der Waals surface area (Å²) in [5, 5.41) is 1.97. The zero-order chi connectivity index (χ0) is 26.1. The zero-order valence-electron chi connectivity index (χ0n) is 21.2. The van der Waals surface area contributed by atoms with Gasteiger partial charge in [0.15, 0.2) is 11.5 Å². The van der Waals surface area contributed by atoms with Crippen LogP contribution in [0.1, 0.15) is 30.7 Å². The molecule has 1 amide bonds. The molecule has 0 radical (unpaired) electrons. The molecule has 0 fully saturated rings. The van der Waals surface area contributed by atoms with Crippen LogP contribution in [0.5, 0.6) is 11.5 Å². The monoisotopic (exact) mass is 530 g/mol. The van der Waals surface area contributed by atoms with Crippen molar-refractivity contribution in [3.63, 3.8) is 0 Å². The van der Waals surface area contributed by atoms with Crippen LogP contribution >= 0.6 is 11.3 Å². The number of carbonyl (C=O) groups excluding carboxylic acids is 1. The molecule has 0 N–H and O–H groups in total. The molecule has 194 valence electrons. The quantitative estimate of drug-likeness (QED) is 0.317. The van der Waals surface area contributed by atoms with Crippen molar-refractivity contribution in [2.24, 2.45) is 0 Å². The summed E-state index contributed by atoms with van der Waals surface area (Å²) in [7, 11) is -0.652. The average molecular weight is 531 g/mol. The van der Waals surface area contributed by atoms with E-state index in [2.05, 4.69) is 0 Å². The second-order valence-electron chi connectivity index (χ2n) is 8.45. The van der Waals surface area contributed by atoms with E-state index in [0.717, 1.165) is 10.4 Å². The van der Waals surface area contributed by atoms with E-state index < -0.39 is 10.0 Å². The number of sulfonamides is 1. The Labute approximate surface area is 218 Å². The molecule has 1 aromatic heterocycles. The minimum absolute atomic E-state index is 0.188. The molecule has 0 aliphatic rings. The highest BCUT2D eigenvalue weighted by atomic mass is 32.2. The summed E-state index contributed by atoms with van der Waals surface area (Å²) >= 11 is 1.57. The summed E-state index contributed by atoms with van der Waals surface area (Å²) in [5.41, 5.74) is 0.993. The Balaban J connectivity index is 1.83. The van der Waals surface area contributed by atoms with E-state index >= 15 is 0 Å². The van der Waals surface area contributed by atoms with E-state index in [0.29, 0.717) is 37.4 Å². The number of rotatable bonds is 13. The molecular formula is C27H34N2O5S2. The molecule has 0 aliphatic heterocycles. The lowest BCUT2D eigenvalue weighted by molar-refractivity contribution is -0.132. The van der Waals surface area contributed by atoms with Crippen molar-refractivity contribution in [3.8, 4) is 11.5 Å². The molecule has 0 spiro atoms. The minimum Gasteiger partial charge on any atom is -0.493 e. The average Bonchev–Trinajstić information content (AvgIpc) is 3.42. The summed E-state index contributed by atoms with van der Waals surface area (Å²) in [5.74, 6) is 1.04. The number of nitrogens with zero attached hydrogens (tertiary/aromatic N) is 2. The van der Waals surface area contributed by atoms with Crippen molar-refractivity contribution in [2.45, 2.75) is 44.2 Å². The maximum atomic E-state index is 13.6. The maximum Gasteiger partial charge on any atom is 0.243 e. The highest BCUT2D eigenvalue weighted by Gasteiger charge is 2.31. The Morgan fingerprint density at radius 3 is 2.33 bits per heavy atom. The Hall–Kier alpha value is -2.88. The van der Waals surface area contributed by atoms with Crippen LogP contribution in [-0.4, -0.2) is 56.9 Å². The number of methoxy groups -OCH3 is 2.